The third kappa shape index (κ3) is 3.16. The first-order chi connectivity index (χ1) is 12.7. The van der Waals surface area contributed by atoms with E-state index in [1.54, 1.807) is 0 Å². The number of alkyl halides is 6. The van der Waals surface area contributed by atoms with E-state index in [4.69, 9.17) is 4.74 Å². The van der Waals surface area contributed by atoms with E-state index in [0.29, 0.717) is 36.0 Å². The lowest BCUT2D eigenvalue weighted by atomic mass is 9.71. The maximum absolute atomic E-state index is 13.2. The monoisotopic (exact) mass is 418 g/mol. The number of rotatable bonds is 5. The van der Waals surface area contributed by atoms with E-state index in [1.807, 2.05) is 0 Å². The number of aliphatic hydroxyl groups is 2. The van der Waals surface area contributed by atoms with E-state index in [-0.39, 0.29) is 5.92 Å². The normalized spacial score (nSPS) is 40.6. The zero-order chi connectivity index (χ0) is 21.2. The van der Waals surface area contributed by atoms with Crippen molar-refractivity contribution in [3.63, 3.8) is 0 Å². The maximum Gasteiger partial charge on any atom is 0.428 e. The van der Waals surface area contributed by atoms with Gasteiger partial charge in [-0.2, -0.15) is 26.3 Å². The Balaban J connectivity index is 1.78. The number of ether oxygens (including phenoxy) is 1. The first-order valence-corrected chi connectivity index (χ1v) is 9.93. The average molecular weight is 418 g/mol. The molecule has 9 heteroatoms. The fraction of sp³-hybridized carbons (Fsp3) is 1.00. The van der Waals surface area contributed by atoms with Gasteiger partial charge in [0.2, 0.25) is 0 Å². The number of hydrogen-bond donors (Lipinski definition) is 2. The molecule has 0 amide bonds. The topological polar surface area (TPSA) is 49.7 Å². The van der Waals surface area contributed by atoms with Crippen LogP contribution in [-0.2, 0) is 4.74 Å². The summed E-state index contributed by atoms with van der Waals surface area (Å²) in [4.78, 5) is 0. The number of fused-ring (bicyclic) bond motifs is 5. The molecule has 2 bridgehead atoms. The van der Waals surface area contributed by atoms with Gasteiger partial charge in [0.1, 0.15) is 6.10 Å². The minimum Gasteiger partial charge on any atom is -0.372 e. The standard InChI is InChI=1S/C19H28F6O3/c1-4-13(17(27,18(20,21)22)19(23,24)25)28-16(26)12-7-10-6-11(12)15-9(3)5-8(2)14(10)15/h8-16,26-27H,4-7H2,1-3H3. The van der Waals surface area contributed by atoms with E-state index in [2.05, 4.69) is 13.8 Å². The fourth-order valence-corrected chi connectivity index (χ4v) is 6.66. The quantitative estimate of drug-likeness (QED) is 0.510. The van der Waals surface area contributed by atoms with Crippen molar-refractivity contribution in [2.45, 2.75) is 76.8 Å². The average Bonchev–Trinajstić information content (AvgIpc) is 3.22. The summed E-state index contributed by atoms with van der Waals surface area (Å²) in [7, 11) is 0. The third-order valence-corrected chi connectivity index (χ3v) is 7.61. The molecule has 3 aliphatic rings. The van der Waals surface area contributed by atoms with Gasteiger partial charge in [0.05, 0.1) is 0 Å². The van der Waals surface area contributed by atoms with Gasteiger partial charge in [-0.3, -0.25) is 0 Å². The second-order valence-corrected chi connectivity index (χ2v) is 9.09. The zero-order valence-corrected chi connectivity index (χ0v) is 16.1. The first kappa shape index (κ1) is 22.2. The van der Waals surface area contributed by atoms with Gasteiger partial charge >= 0.3 is 12.4 Å². The molecular weight excluding hydrogens is 390 g/mol. The second-order valence-electron chi connectivity index (χ2n) is 9.09. The van der Waals surface area contributed by atoms with E-state index >= 15 is 0 Å². The molecule has 9 unspecified atom stereocenters. The summed E-state index contributed by atoms with van der Waals surface area (Å²) >= 11 is 0. The summed E-state index contributed by atoms with van der Waals surface area (Å²) in [6.07, 6.45) is -14.7. The van der Waals surface area contributed by atoms with Crippen molar-refractivity contribution >= 4 is 0 Å². The highest BCUT2D eigenvalue weighted by molar-refractivity contribution is 5.08. The molecule has 164 valence electrons. The number of aliphatic hydroxyl groups excluding tert-OH is 1. The largest absolute Gasteiger partial charge is 0.428 e. The summed E-state index contributed by atoms with van der Waals surface area (Å²) in [5, 5.41) is 20.1. The molecule has 3 fully saturated rings. The molecule has 0 aromatic carbocycles. The van der Waals surface area contributed by atoms with Crippen LogP contribution < -0.4 is 0 Å². The summed E-state index contributed by atoms with van der Waals surface area (Å²) in [6.45, 7) is 5.37. The molecule has 0 saturated heterocycles. The van der Waals surface area contributed by atoms with Crippen LogP contribution >= 0.6 is 0 Å². The fourth-order valence-electron chi connectivity index (χ4n) is 6.66. The van der Waals surface area contributed by atoms with Crippen molar-refractivity contribution in [1.29, 1.82) is 0 Å². The smallest absolute Gasteiger partial charge is 0.372 e. The van der Waals surface area contributed by atoms with Crippen LogP contribution in [0.1, 0.15) is 46.5 Å². The highest BCUT2D eigenvalue weighted by Crippen LogP contribution is 2.65. The Bertz CT molecular complexity index is 563. The van der Waals surface area contributed by atoms with Gasteiger partial charge < -0.3 is 14.9 Å². The summed E-state index contributed by atoms with van der Waals surface area (Å²) in [5.41, 5.74) is -5.02. The van der Waals surface area contributed by atoms with Crippen LogP contribution in [0.15, 0.2) is 0 Å². The Kier molecular flexibility index (Phi) is 5.55. The molecule has 0 aromatic rings. The molecule has 0 heterocycles. The van der Waals surface area contributed by atoms with Crippen LogP contribution in [0.2, 0.25) is 0 Å². The summed E-state index contributed by atoms with van der Waals surface area (Å²) < 4.78 is 83.9. The van der Waals surface area contributed by atoms with Crippen molar-refractivity contribution < 1.29 is 41.3 Å². The SMILES string of the molecule is CCC(OC(O)C1CC2CC1C1C(C)CC(C)C21)C(O)(C(F)(F)F)C(F)(F)F. The van der Waals surface area contributed by atoms with Gasteiger partial charge in [-0.05, 0) is 61.2 Å². The van der Waals surface area contributed by atoms with Gasteiger partial charge in [-0.1, -0.05) is 20.8 Å². The molecule has 0 radical (unpaired) electrons. The van der Waals surface area contributed by atoms with Crippen LogP contribution in [0.3, 0.4) is 0 Å². The molecule has 0 aromatic heterocycles. The zero-order valence-electron chi connectivity index (χ0n) is 16.1. The van der Waals surface area contributed by atoms with Gasteiger partial charge in [0.25, 0.3) is 5.60 Å². The predicted molar refractivity (Wildman–Crippen MR) is 87.9 cm³/mol. The van der Waals surface area contributed by atoms with Crippen molar-refractivity contribution in [1.82, 2.24) is 0 Å². The Morgan fingerprint density at radius 1 is 0.929 bits per heavy atom. The molecule has 28 heavy (non-hydrogen) atoms. The van der Waals surface area contributed by atoms with Crippen molar-refractivity contribution in [3.05, 3.63) is 0 Å². The molecule has 3 rings (SSSR count). The van der Waals surface area contributed by atoms with Gasteiger partial charge in [0, 0.05) is 5.92 Å². The maximum atomic E-state index is 13.2. The van der Waals surface area contributed by atoms with Crippen molar-refractivity contribution in [2.75, 3.05) is 0 Å². The Morgan fingerprint density at radius 2 is 1.46 bits per heavy atom. The minimum atomic E-state index is -5.97. The van der Waals surface area contributed by atoms with Crippen molar-refractivity contribution in [2.24, 2.45) is 41.4 Å². The Morgan fingerprint density at radius 3 is 1.96 bits per heavy atom. The van der Waals surface area contributed by atoms with E-state index in [9.17, 15) is 36.6 Å². The minimum absolute atomic E-state index is 0.0346. The molecule has 3 nitrogen and oxygen atoms in total. The highest BCUT2D eigenvalue weighted by Gasteiger charge is 2.74. The van der Waals surface area contributed by atoms with E-state index in [1.165, 1.54) is 0 Å². The van der Waals surface area contributed by atoms with E-state index in [0.717, 1.165) is 19.8 Å². The van der Waals surface area contributed by atoms with Crippen LogP contribution in [0.4, 0.5) is 26.3 Å². The number of halogens is 6. The van der Waals surface area contributed by atoms with Crippen molar-refractivity contribution in [3.8, 4) is 0 Å². The third-order valence-electron chi connectivity index (χ3n) is 7.61. The molecule has 0 aliphatic heterocycles. The van der Waals surface area contributed by atoms with Crippen LogP contribution in [0, 0.1) is 41.4 Å². The molecule has 2 N–H and O–H groups in total. The lowest BCUT2D eigenvalue weighted by Gasteiger charge is -2.41. The van der Waals surface area contributed by atoms with Gasteiger partial charge in [-0.25, -0.2) is 0 Å². The predicted octanol–water partition coefficient (Wildman–Crippen LogP) is 4.52. The molecule has 0 spiro atoms. The summed E-state index contributed by atoms with van der Waals surface area (Å²) in [5.74, 6) is 1.63. The number of hydrogen-bond acceptors (Lipinski definition) is 3. The molecule has 9 atom stereocenters. The highest BCUT2D eigenvalue weighted by atomic mass is 19.4. The Hall–Kier alpha value is -0.540. The summed E-state index contributed by atoms with van der Waals surface area (Å²) in [6, 6.07) is 0. The van der Waals surface area contributed by atoms with Crippen LogP contribution in [0.5, 0.6) is 0 Å². The van der Waals surface area contributed by atoms with Gasteiger partial charge in [-0.15, -0.1) is 0 Å². The molecule has 3 saturated carbocycles. The Labute approximate surface area is 160 Å². The molecule has 3 aliphatic carbocycles. The second kappa shape index (κ2) is 7.01. The van der Waals surface area contributed by atoms with E-state index < -0.39 is 42.7 Å². The van der Waals surface area contributed by atoms with Gasteiger partial charge in [0.15, 0.2) is 6.29 Å². The lowest BCUT2D eigenvalue weighted by molar-refractivity contribution is -0.404. The first-order valence-electron chi connectivity index (χ1n) is 9.93. The van der Waals surface area contributed by atoms with Crippen LogP contribution in [-0.4, -0.2) is 40.6 Å². The lowest BCUT2D eigenvalue weighted by Crippen LogP contribution is -2.65. The molecular formula is C19H28F6O3. The van der Waals surface area contributed by atoms with Crippen LogP contribution in [0.25, 0.3) is 0 Å².